The molecule has 0 aromatic heterocycles. The molecule has 0 saturated carbocycles. The number of halogens is 2. The number of carbonyl (C=O) groups is 1. The van der Waals surface area contributed by atoms with Crippen molar-refractivity contribution in [2.24, 2.45) is 0 Å². The molecular weight excluding hydrogens is 298 g/mol. The minimum absolute atomic E-state index is 0.158. The zero-order valence-corrected chi connectivity index (χ0v) is 13.5. The Morgan fingerprint density at radius 1 is 1.17 bits per heavy atom. The normalized spacial score (nSPS) is 12.0. The molecule has 0 saturated heterocycles. The quantitative estimate of drug-likeness (QED) is 0.874. The second-order valence-corrected chi connectivity index (χ2v) is 5.76. The summed E-state index contributed by atoms with van der Waals surface area (Å²) >= 11 is 0. The molecule has 0 aliphatic rings. The lowest BCUT2D eigenvalue weighted by molar-refractivity contribution is -0.682. The second kappa shape index (κ2) is 7.33. The van der Waals surface area contributed by atoms with E-state index in [9.17, 15) is 13.6 Å². The third kappa shape index (κ3) is 4.60. The van der Waals surface area contributed by atoms with Crippen LogP contribution < -0.4 is 10.6 Å². The summed E-state index contributed by atoms with van der Waals surface area (Å²) in [4.78, 5) is 12.0. The van der Waals surface area contributed by atoms with Crippen LogP contribution in [0.4, 0.5) is 14.5 Å². The van der Waals surface area contributed by atoms with Gasteiger partial charge in [-0.05, 0) is 44.5 Å². The smallest absolute Gasteiger partial charge is 0.279 e. The Bertz CT molecular complexity index is 716. The number of nitrogens with two attached hydrogens (primary N) is 1. The van der Waals surface area contributed by atoms with E-state index in [2.05, 4.69) is 5.32 Å². The highest BCUT2D eigenvalue weighted by molar-refractivity contribution is 5.92. The van der Waals surface area contributed by atoms with Gasteiger partial charge < -0.3 is 10.6 Å². The minimum atomic E-state index is -0.606. The molecule has 0 heterocycles. The molecule has 2 rings (SSSR count). The van der Waals surface area contributed by atoms with Crippen molar-refractivity contribution in [3.05, 3.63) is 64.7 Å². The lowest BCUT2D eigenvalue weighted by Gasteiger charge is -2.13. The first-order valence-corrected chi connectivity index (χ1v) is 7.52. The molecule has 3 N–H and O–H groups in total. The first-order chi connectivity index (χ1) is 10.9. The minimum Gasteiger partial charge on any atom is -0.332 e. The van der Waals surface area contributed by atoms with Crippen LogP contribution in [0.15, 0.2) is 36.4 Å². The lowest BCUT2D eigenvalue weighted by Crippen LogP contribution is -2.86. The predicted molar refractivity (Wildman–Crippen MR) is 86.1 cm³/mol. The molecule has 3 nitrogen and oxygen atoms in total. The summed E-state index contributed by atoms with van der Waals surface area (Å²) in [5.41, 5.74) is 3.28. The van der Waals surface area contributed by atoms with Crippen LogP contribution in [0.25, 0.3) is 0 Å². The molecule has 0 bridgehead atoms. The zero-order chi connectivity index (χ0) is 17.0. The van der Waals surface area contributed by atoms with Crippen LogP contribution in [-0.4, -0.2) is 12.5 Å². The largest absolute Gasteiger partial charge is 0.332 e. The standard InChI is InChI=1S/C18H20F2N2O/c1-11-4-7-17(12(2)8-11)22-18(23)10-21-13(3)15-6-5-14(19)9-16(15)20/h4-9,13,21H,10H2,1-3H3,(H,22,23)/p+1/t13-/m0/s1. The van der Waals surface area contributed by atoms with E-state index in [0.717, 1.165) is 22.9 Å². The summed E-state index contributed by atoms with van der Waals surface area (Å²) in [7, 11) is 0. The fourth-order valence-electron chi connectivity index (χ4n) is 2.44. The van der Waals surface area contributed by atoms with E-state index in [0.29, 0.717) is 5.56 Å². The van der Waals surface area contributed by atoms with Crippen molar-refractivity contribution >= 4 is 11.6 Å². The highest BCUT2D eigenvalue weighted by atomic mass is 19.1. The number of benzene rings is 2. The summed E-state index contributed by atoms with van der Waals surface area (Å²) in [6, 6.07) is 9.01. The maximum atomic E-state index is 13.7. The fraction of sp³-hybridized carbons (Fsp3) is 0.278. The molecule has 2 aromatic carbocycles. The Morgan fingerprint density at radius 3 is 2.57 bits per heavy atom. The lowest BCUT2D eigenvalue weighted by atomic mass is 10.1. The van der Waals surface area contributed by atoms with E-state index < -0.39 is 11.6 Å². The predicted octanol–water partition coefficient (Wildman–Crippen LogP) is 2.84. The number of nitrogens with one attached hydrogen (secondary N) is 1. The Labute approximate surface area is 134 Å². The number of hydrogen-bond acceptors (Lipinski definition) is 1. The second-order valence-electron chi connectivity index (χ2n) is 5.76. The van der Waals surface area contributed by atoms with Gasteiger partial charge in [-0.25, -0.2) is 8.78 Å². The number of rotatable bonds is 5. The molecule has 1 amide bonds. The van der Waals surface area contributed by atoms with Crippen molar-refractivity contribution in [2.45, 2.75) is 26.8 Å². The Hall–Kier alpha value is -2.27. The van der Waals surface area contributed by atoms with Crippen LogP contribution in [0.3, 0.4) is 0 Å². The fourth-order valence-corrected chi connectivity index (χ4v) is 2.44. The topological polar surface area (TPSA) is 45.7 Å². The average Bonchev–Trinajstić information content (AvgIpc) is 2.48. The van der Waals surface area contributed by atoms with Crippen LogP contribution in [0.2, 0.25) is 0 Å². The first kappa shape index (κ1) is 17.1. The SMILES string of the molecule is Cc1ccc(NC(=O)C[NH2+][C@@H](C)c2ccc(F)cc2F)c(C)c1. The molecule has 5 heteroatoms. The van der Waals surface area contributed by atoms with Gasteiger partial charge in [0.05, 0.1) is 0 Å². The summed E-state index contributed by atoms with van der Waals surface area (Å²) in [6.07, 6.45) is 0. The summed E-state index contributed by atoms with van der Waals surface area (Å²) in [6.45, 7) is 5.86. The highest BCUT2D eigenvalue weighted by Gasteiger charge is 2.16. The molecule has 0 fully saturated rings. The van der Waals surface area contributed by atoms with E-state index in [-0.39, 0.29) is 18.5 Å². The zero-order valence-electron chi connectivity index (χ0n) is 13.5. The van der Waals surface area contributed by atoms with Crippen LogP contribution in [0.1, 0.15) is 29.7 Å². The first-order valence-electron chi connectivity index (χ1n) is 7.52. The van der Waals surface area contributed by atoms with Gasteiger partial charge in [-0.15, -0.1) is 0 Å². The third-order valence-corrected chi connectivity index (χ3v) is 3.77. The van der Waals surface area contributed by atoms with Gasteiger partial charge in [-0.3, -0.25) is 4.79 Å². The van der Waals surface area contributed by atoms with Gasteiger partial charge in [0.1, 0.15) is 17.7 Å². The number of carbonyl (C=O) groups excluding carboxylic acids is 1. The maximum Gasteiger partial charge on any atom is 0.279 e. The van der Waals surface area contributed by atoms with Crippen molar-refractivity contribution in [1.29, 1.82) is 0 Å². The number of aryl methyl sites for hydroxylation is 2. The van der Waals surface area contributed by atoms with Crippen LogP contribution in [0.5, 0.6) is 0 Å². The van der Waals surface area contributed by atoms with Gasteiger partial charge in [0.15, 0.2) is 6.54 Å². The molecule has 0 aliphatic carbocycles. The third-order valence-electron chi connectivity index (χ3n) is 3.77. The van der Waals surface area contributed by atoms with Crippen molar-refractivity contribution in [1.82, 2.24) is 0 Å². The number of hydrogen-bond donors (Lipinski definition) is 2. The molecule has 122 valence electrons. The van der Waals surface area contributed by atoms with Gasteiger partial charge in [0.2, 0.25) is 0 Å². The molecule has 0 unspecified atom stereocenters. The highest BCUT2D eigenvalue weighted by Crippen LogP contribution is 2.16. The van der Waals surface area contributed by atoms with Crippen molar-refractivity contribution in [3.63, 3.8) is 0 Å². The molecule has 0 spiro atoms. The van der Waals surface area contributed by atoms with E-state index in [1.807, 2.05) is 32.0 Å². The monoisotopic (exact) mass is 319 g/mol. The van der Waals surface area contributed by atoms with Crippen LogP contribution in [0, 0.1) is 25.5 Å². The van der Waals surface area contributed by atoms with E-state index >= 15 is 0 Å². The van der Waals surface area contributed by atoms with Crippen LogP contribution in [-0.2, 0) is 4.79 Å². The van der Waals surface area contributed by atoms with Gasteiger partial charge in [0.25, 0.3) is 5.91 Å². The Morgan fingerprint density at radius 2 is 1.91 bits per heavy atom. The number of amides is 1. The Kier molecular flexibility index (Phi) is 5.45. The van der Waals surface area contributed by atoms with Gasteiger partial charge in [-0.2, -0.15) is 0 Å². The Balaban J connectivity index is 1.93. The van der Waals surface area contributed by atoms with Crippen molar-refractivity contribution in [2.75, 3.05) is 11.9 Å². The van der Waals surface area contributed by atoms with Crippen molar-refractivity contribution < 1.29 is 18.9 Å². The number of anilines is 1. The molecule has 2 aromatic rings. The maximum absolute atomic E-state index is 13.7. The summed E-state index contributed by atoms with van der Waals surface area (Å²) in [5.74, 6) is -1.36. The van der Waals surface area contributed by atoms with Crippen molar-refractivity contribution in [3.8, 4) is 0 Å². The molecule has 0 aliphatic heterocycles. The molecule has 0 radical (unpaired) electrons. The summed E-state index contributed by atoms with van der Waals surface area (Å²) < 4.78 is 26.6. The van der Waals surface area contributed by atoms with Gasteiger partial charge >= 0.3 is 0 Å². The average molecular weight is 319 g/mol. The van der Waals surface area contributed by atoms with E-state index in [1.165, 1.54) is 12.1 Å². The molecular formula is C18H21F2N2O+. The van der Waals surface area contributed by atoms with Gasteiger partial charge in [0, 0.05) is 17.3 Å². The summed E-state index contributed by atoms with van der Waals surface area (Å²) in [5, 5.41) is 4.56. The molecule has 23 heavy (non-hydrogen) atoms. The van der Waals surface area contributed by atoms with Gasteiger partial charge in [-0.1, -0.05) is 17.7 Å². The van der Waals surface area contributed by atoms with E-state index in [4.69, 9.17) is 0 Å². The van der Waals surface area contributed by atoms with Crippen LogP contribution >= 0.6 is 0 Å². The molecule has 1 atom stereocenters. The number of quaternary nitrogens is 1. The van der Waals surface area contributed by atoms with E-state index in [1.54, 1.807) is 12.2 Å².